The minimum absolute atomic E-state index is 0.514. The second-order valence-electron chi connectivity index (χ2n) is 4.59. The number of rotatable bonds is 3. The van der Waals surface area contributed by atoms with Crippen LogP contribution in [0.5, 0.6) is 5.75 Å². The molecule has 1 heterocycles. The lowest BCUT2D eigenvalue weighted by atomic mass is 10.0. The van der Waals surface area contributed by atoms with Crippen LogP contribution in [0.25, 0.3) is 11.3 Å². The number of nitrogens with zero attached hydrogens (tertiary/aromatic N) is 4. The van der Waals surface area contributed by atoms with Gasteiger partial charge in [-0.05, 0) is 43.2 Å². The van der Waals surface area contributed by atoms with Crippen LogP contribution in [0, 0.1) is 25.3 Å². The Bertz CT molecular complexity index is 659. The molecule has 0 aliphatic heterocycles. The van der Waals surface area contributed by atoms with Gasteiger partial charge in [-0.1, -0.05) is 6.07 Å². The van der Waals surface area contributed by atoms with Crippen molar-refractivity contribution < 1.29 is 4.74 Å². The third kappa shape index (κ3) is 2.54. The fraction of sp³-hybridized carbons (Fsp3) is 0.267. The predicted molar refractivity (Wildman–Crippen MR) is 77.5 cm³/mol. The van der Waals surface area contributed by atoms with Crippen molar-refractivity contribution in [2.75, 3.05) is 19.1 Å². The van der Waals surface area contributed by atoms with Gasteiger partial charge in [0.05, 0.1) is 12.8 Å². The molecule has 102 valence electrons. The van der Waals surface area contributed by atoms with Crippen molar-refractivity contribution in [3.05, 3.63) is 35.4 Å². The third-order valence-electron chi connectivity index (χ3n) is 3.06. The summed E-state index contributed by atoms with van der Waals surface area (Å²) in [6.45, 7) is 4.04. The lowest BCUT2D eigenvalue weighted by Crippen LogP contribution is -2.10. The van der Waals surface area contributed by atoms with Crippen LogP contribution in [0.4, 0.5) is 5.82 Å². The molecule has 1 aromatic heterocycles. The molecule has 0 radical (unpaired) electrons. The monoisotopic (exact) mass is 268 g/mol. The van der Waals surface area contributed by atoms with Crippen LogP contribution in [0.2, 0.25) is 0 Å². The topological polar surface area (TPSA) is 62.0 Å². The van der Waals surface area contributed by atoms with Crippen LogP contribution in [-0.4, -0.2) is 24.4 Å². The first kappa shape index (κ1) is 13.8. The first-order valence-electron chi connectivity index (χ1n) is 6.19. The van der Waals surface area contributed by atoms with Gasteiger partial charge in [-0.25, -0.2) is 0 Å². The number of hydrogen-bond acceptors (Lipinski definition) is 5. The Morgan fingerprint density at radius 1 is 1.20 bits per heavy atom. The van der Waals surface area contributed by atoms with E-state index < -0.39 is 0 Å². The number of benzene rings is 1. The average molecular weight is 268 g/mol. The molecule has 5 nitrogen and oxygen atoms in total. The number of nitriles is 1. The Hall–Kier alpha value is -2.61. The van der Waals surface area contributed by atoms with Gasteiger partial charge in [0.25, 0.3) is 0 Å². The van der Waals surface area contributed by atoms with Crippen LogP contribution in [0.15, 0.2) is 24.3 Å². The van der Waals surface area contributed by atoms with Gasteiger partial charge in [-0.2, -0.15) is 5.26 Å². The fourth-order valence-corrected chi connectivity index (χ4v) is 2.11. The van der Waals surface area contributed by atoms with Crippen LogP contribution < -0.4 is 9.64 Å². The normalized spacial score (nSPS) is 9.95. The maximum Gasteiger partial charge on any atom is 0.185 e. The number of aromatic nitrogens is 2. The smallest absolute Gasteiger partial charge is 0.185 e. The van der Waals surface area contributed by atoms with E-state index in [2.05, 4.69) is 16.3 Å². The first-order chi connectivity index (χ1) is 9.56. The highest BCUT2D eigenvalue weighted by Crippen LogP contribution is 2.33. The Morgan fingerprint density at radius 3 is 2.50 bits per heavy atom. The van der Waals surface area contributed by atoms with E-state index >= 15 is 0 Å². The number of anilines is 1. The van der Waals surface area contributed by atoms with Gasteiger partial charge in [0, 0.05) is 12.6 Å². The summed E-state index contributed by atoms with van der Waals surface area (Å²) in [6.07, 6.45) is 1.99. The second-order valence-corrected chi connectivity index (χ2v) is 4.59. The lowest BCUT2D eigenvalue weighted by molar-refractivity contribution is 0.415. The molecule has 1 aromatic carbocycles. The van der Waals surface area contributed by atoms with Gasteiger partial charge >= 0.3 is 0 Å². The van der Waals surface area contributed by atoms with Crippen LogP contribution in [0.1, 0.15) is 11.1 Å². The summed E-state index contributed by atoms with van der Waals surface area (Å²) in [6, 6.07) is 7.66. The van der Waals surface area contributed by atoms with E-state index in [1.807, 2.05) is 32.2 Å². The van der Waals surface area contributed by atoms with Crippen molar-refractivity contribution >= 4 is 5.82 Å². The van der Waals surface area contributed by atoms with Gasteiger partial charge in [0.2, 0.25) is 0 Å². The Balaban J connectivity index is 2.50. The highest BCUT2D eigenvalue weighted by atomic mass is 16.5. The number of aryl methyl sites for hydroxylation is 2. The highest BCUT2D eigenvalue weighted by molar-refractivity contribution is 5.72. The van der Waals surface area contributed by atoms with Gasteiger partial charge in [-0.3, -0.25) is 4.90 Å². The molecule has 0 N–H and O–H groups in total. The minimum atomic E-state index is 0.514. The van der Waals surface area contributed by atoms with E-state index in [1.165, 1.54) is 4.90 Å². The molecule has 2 aromatic rings. The number of ether oxygens (including phenoxy) is 1. The molecular weight excluding hydrogens is 252 g/mol. The standard InChI is InChI=1S/C15H16N4O/c1-10-7-11(2)15(13(8-10)20-4)12-5-6-14(18-17-12)19(3)9-16/h5-8H,1-4H3. The van der Waals surface area contributed by atoms with Crippen LogP contribution in [-0.2, 0) is 0 Å². The molecule has 0 atom stereocenters. The summed E-state index contributed by atoms with van der Waals surface area (Å²) in [5.41, 5.74) is 3.88. The largest absolute Gasteiger partial charge is 0.496 e. The number of hydrogen-bond donors (Lipinski definition) is 0. The molecule has 0 aliphatic carbocycles. The molecule has 0 aliphatic rings. The van der Waals surface area contributed by atoms with Gasteiger partial charge in [0.1, 0.15) is 5.75 Å². The van der Waals surface area contributed by atoms with Crippen molar-refractivity contribution in [2.45, 2.75) is 13.8 Å². The summed E-state index contributed by atoms with van der Waals surface area (Å²) >= 11 is 0. The van der Waals surface area contributed by atoms with E-state index in [-0.39, 0.29) is 0 Å². The summed E-state index contributed by atoms with van der Waals surface area (Å²) in [5.74, 6) is 1.29. The van der Waals surface area contributed by atoms with Crippen molar-refractivity contribution in [3.8, 4) is 23.2 Å². The predicted octanol–water partition coefficient (Wildman–Crippen LogP) is 2.69. The molecular formula is C15H16N4O. The molecule has 0 unspecified atom stereocenters. The average Bonchev–Trinajstić information content (AvgIpc) is 2.46. The van der Waals surface area contributed by atoms with Crippen molar-refractivity contribution in [1.82, 2.24) is 10.2 Å². The van der Waals surface area contributed by atoms with E-state index in [1.54, 1.807) is 20.2 Å². The van der Waals surface area contributed by atoms with Gasteiger partial charge in [-0.15, -0.1) is 10.2 Å². The Labute approximate surface area is 118 Å². The third-order valence-corrected chi connectivity index (χ3v) is 3.06. The molecule has 0 bridgehead atoms. The summed E-state index contributed by atoms with van der Waals surface area (Å²) in [7, 11) is 3.28. The highest BCUT2D eigenvalue weighted by Gasteiger charge is 2.12. The Morgan fingerprint density at radius 2 is 1.95 bits per heavy atom. The van der Waals surface area contributed by atoms with E-state index in [0.717, 1.165) is 28.1 Å². The summed E-state index contributed by atoms with van der Waals surface area (Å²) < 4.78 is 5.43. The first-order valence-corrected chi connectivity index (χ1v) is 6.19. The second kappa shape index (κ2) is 5.57. The molecule has 2 rings (SSSR count). The van der Waals surface area contributed by atoms with E-state index in [4.69, 9.17) is 10.00 Å². The molecule has 0 spiro atoms. The molecule has 5 heteroatoms. The van der Waals surface area contributed by atoms with Crippen LogP contribution in [0.3, 0.4) is 0 Å². The van der Waals surface area contributed by atoms with Gasteiger partial charge < -0.3 is 4.74 Å². The molecule has 20 heavy (non-hydrogen) atoms. The zero-order valence-corrected chi connectivity index (χ0v) is 12.0. The van der Waals surface area contributed by atoms with Crippen molar-refractivity contribution in [2.24, 2.45) is 0 Å². The molecule has 0 saturated carbocycles. The molecule has 0 saturated heterocycles. The summed E-state index contributed by atoms with van der Waals surface area (Å²) in [4.78, 5) is 1.36. The van der Waals surface area contributed by atoms with Gasteiger partial charge in [0.15, 0.2) is 12.0 Å². The molecule has 0 amide bonds. The fourth-order valence-electron chi connectivity index (χ4n) is 2.11. The summed E-state index contributed by atoms with van der Waals surface area (Å²) in [5, 5.41) is 17.1. The lowest BCUT2D eigenvalue weighted by Gasteiger charge is -2.13. The Kier molecular flexibility index (Phi) is 3.85. The minimum Gasteiger partial charge on any atom is -0.496 e. The SMILES string of the molecule is COc1cc(C)cc(C)c1-c1ccc(N(C)C#N)nn1. The maximum atomic E-state index is 8.82. The van der Waals surface area contributed by atoms with E-state index in [0.29, 0.717) is 5.82 Å². The number of methoxy groups -OCH3 is 1. The molecule has 0 fully saturated rings. The van der Waals surface area contributed by atoms with E-state index in [9.17, 15) is 0 Å². The maximum absolute atomic E-state index is 8.82. The zero-order valence-electron chi connectivity index (χ0n) is 12.0. The quantitative estimate of drug-likeness (QED) is 0.632. The van der Waals surface area contributed by atoms with Crippen molar-refractivity contribution in [1.29, 1.82) is 5.26 Å². The zero-order chi connectivity index (χ0) is 14.7. The van der Waals surface area contributed by atoms with Crippen molar-refractivity contribution in [3.63, 3.8) is 0 Å². The van der Waals surface area contributed by atoms with Crippen LogP contribution >= 0.6 is 0 Å².